The van der Waals surface area contributed by atoms with Crippen LogP contribution in [0.15, 0.2) is 66.9 Å². The highest BCUT2D eigenvalue weighted by Crippen LogP contribution is 2.32. The summed E-state index contributed by atoms with van der Waals surface area (Å²) in [6.07, 6.45) is 1.78. The summed E-state index contributed by atoms with van der Waals surface area (Å²) < 4.78 is 7.87. The fourth-order valence-electron chi connectivity index (χ4n) is 5.08. The van der Waals surface area contributed by atoms with Gasteiger partial charge in [-0.1, -0.05) is 41.4 Å². The molecule has 0 saturated carbocycles. The van der Waals surface area contributed by atoms with Gasteiger partial charge in [-0.05, 0) is 67.6 Å². The molecular formula is C32H31Cl2N7O2. The van der Waals surface area contributed by atoms with E-state index in [-0.39, 0.29) is 11.5 Å². The molecular weight excluding hydrogens is 585 g/mol. The van der Waals surface area contributed by atoms with Crippen molar-refractivity contribution in [3.8, 4) is 23.0 Å². The summed E-state index contributed by atoms with van der Waals surface area (Å²) in [5.74, 6) is 0.778. The zero-order valence-electron chi connectivity index (χ0n) is 24.1. The third-order valence-electron chi connectivity index (χ3n) is 7.53. The lowest BCUT2D eigenvalue weighted by atomic mass is 10.1. The number of aryl methyl sites for hydroxylation is 2. The number of likely N-dealkylation sites (N-methyl/N-ethyl adjacent to an activating group) is 1. The standard InChI is InChI=1S/C32H31Cl2N7O2/c1-20-15-24(8-7-22(20)18-41-13-11-39(2)12-14-41)35-31(42)26-17-25(9-10-28(26)34)43-32-27-19-40(3)38-30(27)36-29(37-32)21-5-4-6-23(33)16-21/h4-10,15-17,19H,11-14,18H2,1-3H3,(H,35,42). The number of carbonyl (C=O) groups excluding carboxylic acids is 1. The molecule has 11 heteroatoms. The maximum absolute atomic E-state index is 13.4. The maximum Gasteiger partial charge on any atom is 0.257 e. The molecule has 0 radical (unpaired) electrons. The van der Waals surface area contributed by atoms with Crippen molar-refractivity contribution in [2.75, 3.05) is 38.5 Å². The van der Waals surface area contributed by atoms with Crippen LogP contribution in [0, 0.1) is 6.92 Å². The molecule has 6 rings (SSSR count). The molecule has 3 heterocycles. The van der Waals surface area contributed by atoms with E-state index in [0.717, 1.165) is 43.9 Å². The summed E-state index contributed by atoms with van der Waals surface area (Å²) in [5.41, 5.74) is 4.56. The van der Waals surface area contributed by atoms with E-state index in [9.17, 15) is 4.79 Å². The zero-order valence-corrected chi connectivity index (χ0v) is 25.7. The van der Waals surface area contributed by atoms with E-state index in [4.69, 9.17) is 27.9 Å². The minimum atomic E-state index is -0.338. The Morgan fingerprint density at radius 2 is 1.79 bits per heavy atom. The number of hydrogen-bond acceptors (Lipinski definition) is 7. The topological polar surface area (TPSA) is 88.4 Å². The Labute approximate surface area is 260 Å². The van der Waals surface area contributed by atoms with E-state index in [0.29, 0.717) is 44.2 Å². The number of halogens is 2. The van der Waals surface area contributed by atoms with Gasteiger partial charge in [-0.3, -0.25) is 14.4 Å². The summed E-state index contributed by atoms with van der Waals surface area (Å²) in [6, 6.07) is 18.2. The first kappa shape index (κ1) is 29.1. The highest BCUT2D eigenvalue weighted by Gasteiger charge is 2.18. The Morgan fingerprint density at radius 3 is 2.56 bits per heavy atom. The molecule has 220 valence electrons. The Balaban J connectivity index is 1.22. The van der Waals surface area contributed by atoms with Gasteiger partial charge in [0.2, 0.25) is 5.88 Å². The van der Waals surface area contributed by atoms with E-state index in [1.807, 2.05) is 24.3 Å². The molecule has 1 aliphatic rings. The van der Waals surface area contributed by atoms with Gasteiger partial charge in [0.25, 0.3) is 5.91 Å². The average Bonchev–Trinajstić information content (AvgIpc) is 3.37. The van der Waals surface area contributed by atoms with Crippen LogP contribution < -0.4 is 10.1 Å². The lowest BCUT2D eigenvalue weighted by Crippen LogP contribution is -2.43. The van der Waals surface area contributed by atoms with E-state index in [1.54, 1.807) is 48.3 Å². The number of rotatable bonds is 7. The number of hydrogen-bond donors (Lipinski definition) is 1. The summed E-state index contributed by atoms with van der Waals surface area (Å²) in [4.78, 5) is 27.4. The van der Waals surface area contributed by atoms with Crippen molar-refractivity contribution in [2.24, 2.45) is 7.05 Å². The van der Waals surface area contributed by atoms with Crippen molar-refractivity contribution in [3.63, 3.8) is 0 Å². The second-order valence-corrected chi connectivity index (χ2v) is 11.7. The van der Waals surface area contributed by atoms with Gasteiger partial charge in [0.05, 0.1) is 10.6 Å². The molecule has 1 amide bonds. The number of anilines is 1. The molecule has 43 heavy (non-hydrogen) atoms. The number of piperazine rings is 1. The van der Waals surface area contributed by atoms with Crippen molar-refractivity contribution >= 4 is 45.8 Å². The van der Waals surface area contributed by atoms with Gasteiger partial charge in [0.1, 0.15) is 11.1 Å². The number of fused-ring (bicyclic) bond motifs is 1. The van der Waals surface area contributed by atoms with Crippen molar-refractivity contribution in [1.82, 2.24) is 29.5 Å². The second-order valence-electron chi connectivity index (χ2n) is 10.8. The Kier molecular flexibility index (Phi) is 8.32. The van der Waals surface area contributed by atoms with Crippen molar-refractivity contribution in [3.05, 3.63) is 93.6 Å². The molecule has 2 aromatic heterocycles. The lowest BCUT2D eigenvalue weighted by molar-refractivity contribution is 0.102. The quantitative estimate of drug-likeness (QED) is 0.225. The summed E-state index contributed by atoms with van der Waals surface area (Å²) in [7, 11) is 3.96. The number of amides is 1. The molecule has 0 atom stereocenters. The number of nitrogens with zero attached hydrogens (tertiary/aromatic N) is 6. The fraction of sp³-hybridized carbons (Fsp3) is 0.250. The first-order valence-corrected chi connectivity index (χ1v) is 14.7. The fourth-order valence-corrected chi connectivity index (χ4v) is 5.47. The molecule has 1 aliphatic heterocycles. The van der Waals surface area contributed by atoms with Crippen LogP contribution in [0.1, 0.15) is 21.5 Å². The minimum absolute atomic E-state index is 0.282. The molecule has 1 saturated heterocycles. The molecule has 3 aromatic carbocycles. The van der Waals surface area contributed by atoms with Gasteiger partial charge in [-0.2, -0.15) is 10.1 Å². The number of aromatic nitrogens is 4. The Hall–Kier alpha value is -4.02. The first-order chi connectivity index (χ1) is 20.7. The summed E-state index contributed by atoms with van der Waals surface area (Å²) in [6.45, 7) is 7.21. The van der Waals surface area contributed by atoms with Crippen LogP contribution >= 0.6 is 23.2 Å². The molecule has 9 nitrogen and oxygen atoms in total. The van der Waals surface area contributed by atoms with Crippen molar-refractivity contribution in [1.29, 1.82) is 0 Å². The van der Waals surface area contributed by atoms with Crippen LogP contribution in [-0.4, -0.2) is 68.7 Å². The van der Waals surface area contributed by atoms with Crippen LogP contribution in [0.4, 0.5) is 5.69 Å². The van der Waals surface area contributed by atoms with E-state index < -0.39 is 0 Å². The smallest absolute Gasteiger partial charge is 0.257 e. The molecule has 1 fully saturated rings. The summed E-state index contributed by atoms with van der Waals surface area (Å²) >= 11 is 12.7. The predicted octanol–water partition coefficient (Wildman–Crippen LogP) is 6.44. The minimum Gasteiger partial charge on any atom is -0.438 e. The van der Waals surface area contributed by atoms with Crippen molar-refractivity contribution < 1.29 is 9.53 Å². The number of nitrogens with one attached hydrogen (secondary N) is 1. The zero-order chi connectivity index (χ0) is 30.1. The van der Waals surface area contributed by atoms with Crippen LogP contribution in [0.5, 0.6) is 11.6 Å². The third kappa shape index (κ3) is 6.65. The van der Waals surface area contributed by atoms with Gasteiger partial charge in [-0.25, -0.2) is 4.98 Å². The van der Waals surface area contributed by atoms with Gasteiger partial charge in [0, 0.05) is 62.2 Å². The molecule has 0 bridgehead atoms. The maximum atomic E-state index is 13.4. The van der Waals surface area contributed by atoms with Crippen LogP contribution in [0.3, 0.4) is 0 Å². The second kappa shape index (κ2) is 12.3. The Bertz CT molecular complexity index is 1820. The average molecular weight is 617 g/mol. The van der Waals surface area contributed by atoms with Crippen LogP contribution in [-0.2, 0) is 13.6 Å². The lowest BCUT2D eigenvalue weighted by Gasteiger charge is -2.32. The van der Waals surface area contributed by atoms with Gasteiger partial charge < -0.3 is 15.0 Å². The molecule has 1 N–H and O–H groups in total. The molecule has 0 unspecified atom stereocenters. The van der Waals surface area contributed by atoms with Crippen molar-refractivity contribution in [2.45, 2.75) is 13.5 Å². The highest BCUT2D eigenvalue weighted by molar-refractivity contribution is 6.34. The Morgan fingerprint density at radius 1 is 0.977 bits per heavy atom. The first-order valence-electron chi connectivity index (χ1n) is 14.0. The monoisotopic (exact) mass is 615 g/mol. The number of carbonyl (C=O) groups is 1. The van der Waals surface area contributed by atoms with Crippen LogP contribution in [0.2, 0.25) is 10.0 Å². The van der Waals surface area contributed by atoms with Gasteiger partial charge >= 0.3 is 0 Å². The van der Waals surface area contributed by atoms with E-state index in [1.165, 1.54) is 5.56 Å². The highest BCUT2D eigenvalue weighted by atomic mass is 35.5. The van der Waals surface area contributed by atoms with Crippen LogP contribution in [0.25, 0.3) is 22.4 Å². The molecule has 0 spiro atoms. The van der Waals surface area contributed by atoms with Gasteiger partial charge in [0.15, 0.2) is 11.5 Å². The SMILES string of the molecule is Cc1cc(NC(=O)c2cc(Oc3nc(-c4cccc(Cl)c4)nc4nn(C)cc34)ccc2Cl)ccc1CN1CCN(C)CC1. The number of ether oxygens (including phenoxy) is 1. The van der Waals surface area contributed by atoms with E-state index in [2.05, 4.69) is 50.2 Å². The third-order valence-corrected chi connectivity index (χ3v) is 8.09. The molecule has 5 aromatic rings. The van der Waals surface area contributed by atoms with E-state index >= 15 is 0 Å². The normalized spacial score (nSPS) is 14.3. The number of benzene rings is 3. The largest absolute Gasteiger partial charge is 0.438 e. The predicted molar refractivity (Wildman–Crippen MR) is 170 cm³/mol. The summed E-state index contributed by atoms with van der Waals surface area (Å²) in [5, 5.41) is 8.93. The molecule has 0 aliphatic carbocycles. The van der Waals surface area contributed by atoms with Gasteiger partial charge in [-0.15, -0.1) is 0 Å².